The van der Waals surface area contributed by atoms with Crippen LogP contribution in [0.25, 0.3) is 0 Å². The van der Waals surface area contributed by atoms with Crippen molar-refractivity contribution in [3.8, 4) is 24.2 Å². The number of carbonyl (C=O) groups excluding carboxylic acids is 1. The number of carbonyl (C=O) groups is 1. The van der Waals surface area contributed by atoms with Crippen LogP contribution in [-0.2, 0) is 9.53 Å². The van der Waals surface area contributed by atoms with Gasteiger partial charge in [0.15, 0.2) is 0 Å². The molecule has 0 saturated heterocycles. The molecule has 126 valence electrons. The van der Waals surface area contributed by atoms with Gasteiger partial charge >= 0.3 is 5.97 Å². The molecule has 0 aromatic heterocycles. The smallest absolute Gasteiger partial charge is 0.308 e. The number of hydrogen-bond donors (Lipinski definition) is 0. The number of esters is 1. The Morgan fingerprint density at radius 1 is 1.04 bits per heavy atom. The van der Waals surface area contributed by atoms with E-state index in [4.69, 9.17) is 11.2 Å². The molecule has 0 N–H and O–H groups in total. The van der Waals surface area contributed by atoms with E-state index in [9.17, 15) is 4.79 Å². The largest absolute Gasteiger partial charge is 0.466 e. The Balaban J connectivity index is 1.80. The van der Waals surface area contributed by atoms with E-state index in [1.807, 2.05) is 6.92 Å². The number of hydrogen-bond acceptors (Lipinski definition) is 2. The fraction of sp³-hybridized carbons (Fsp3) is 0.762. The van der Waals surface area contributed by atoms with Crippen LogP contribution in [0.2, 0.25) is 0 Å². The van der Waals surface area contributed by atoms with E-state index in [0.29, 0.717) is 30.3 Å². The van der Waals surface area contributed by atoms with Crippen molar-refractivity contribution in [2.75, 3.05) is 6.61 Å². The molecular formula is C21H30O2. The Morgan fingerprint density at radius 2 is 1.70 bits per heavy atom. The van der Waals surface area contributed by atoms with Crippen LogP contribution in [0, 0.1) is 53.8 Å². The van der Waals surface area contributed by atoms with Gasteiger partial charge in [0.05, 0.1) is 12.5 Å². The van der Waals surface area contributed by atoms with Gasteiger partial charge in [-0.15, -0.1) is 12.3 Å². The van der Waals surface area contributed by atoms with E-state index in [1.165, 1.54) is 0 Å². The van der Waals surface area contributed by atoms with Gasteiger partial charge in [0.1, 0.15) is 0 Å². The van der Waals surface area contributed by atoms with E-state index in [0.717, 1.165) is 51.4 Å². The summed E-state index contributed by atoms with van der Waals surface area (Å²) in [6, 6.07) is 0. The molecule has 0 spiro atoms. The summed E-state index contributed by atoms with van der Waals surface area (Å²) in [5.74, 6) is 12.2. The highest BCUT2D eigenvalue weighted by Gasteiger charge is 2.28. The summed E-state index contributed by atoms with van der Waals surface area (Å²) in [7, 11) is 0. The summed E-state index contributed by atoms with van der Waals surface area (Å²) in [5.41, 5.74) is 0. The third kappa shape index (κ3) is 5.04. The van der Waals surface area contributed by atoms with Crippen molar-refractivity contribution in [3.63, 3.8) is 0 Å². The van der Waals surface area contributed by atoms with Gasteiger partial charge in [-0.1, -0.05) is 25.2 Å². The number of ether oxygens (including phenoxy) is 1. The lowest BCUT2D eigenvalue weighted by Crippen LogP contribution is -2.24. The summed E-state index contributed by atoms with van der Waals surface area (Å²) >= 11 is 0. The second kappa shape index (κ2) is 9.02. The molecule has 2 aliphatic carbocycles. The normalized spacial score (nSPS) is 33.9. The quantitative estimate of drug-likeness (QED) is 0.569. The highest BCUT2D eigenvalue weighted by Crippen LogP contribution is 2.35. The third-order valence-electron chi connectivity index (χ3n) is 5.56. The van der Waals surface area contributed by atoms with Crippen LogP contribution in [0.1, 0.15) is 65.2 Å². The summed E-state index contributed by atoms with van der Waals surface area (Å²) in [4.78, 5) is 11.8. The van der Waals surface area contributed by atoms with Gasteiger partial charge in [-0.25, -0.2) is 0 Å². The van der Waals surface area contributed by atoms with Crippen LogP contribution < -0.4 is 0 Å². The Bertz CT molecular complexity index is 482. The highest BCUT2D eigenvalue weighted by atomic mass is 16.5. The Labute approximate surface area is 141 Å². The van der Waals surface area contributed by atoms with Crippen LogP contribution in [-0.4, -0.2) is 12.6 Å². The molecular weight excluding hydrogens is 284 g/mol. The molecule has 2 heteroatoms. The van der Waals surface area contributed by atoms with E-state index in [1.54, 1.807) is 0 Å². The predicted molar refractivity (Wildman–Crippen MR) is 93.3 cm³/mol. The summed E-state index contributed by atoms with van der Waals surface area (Å²) in [5, 5.41) is 0. The highest BCUT2D eigenvalue weighted by molar-refractivity contribution is 5.72. The molecule has 2 aliphatic rings. The first-order chi connectivity index (χ1) is 11.2. The topological polar surface area (TPSA) is 26.3 Å². The van der Waals surface area contributed by atoms with Gasteiger partial charge in [0.2, 0.25) is 0 Å². The maximum Gasteiger partial charge on any atom is 0.308 e. The van der Waals surface area contributed by atoms with Crippen molar-refractivity contribution in [1.29, 1.82) is 0 Å². The molecule has 0 aliphatic heterocycles. The van der Waals surface area contributed by atoms with Gasteiger partial charge in [0.25, 0.3) is 0 Å². The van der Waals surface area contributed by atoms with Gasteiger partial charge in [-0.05, 0) is 57.8 Å². The summed E-state index contributed by atoms with van der Waals surface area (Å²) in [6.45, 7) is 4.59. The van der Waals surface area contributed by atoms with Crippen molar-refractivity contribution in [2.45, 2.75) is 65.2 Å². The van der Waals surface area contributed by atoms with Gasteiger partial charge in [0, 0.05) is 17.8 Å². The molecule has 3 unspecified atom stereocenters. The zero-order valence-corrected chi connectivity index (χ0v) is 14.6. The van der Waals surface area contributed by atoms with E-state index >= 15 is 0 Å². The Kier molecular flexibility index (Phi) is 7.04. The molecule has 0 amide bonds. The average Bonchev–Trinajstić information content (AvgIpc) is 2.60. The lowest BCUT2D eigenvalue weighted by atomic mass is 9.73. The van der Waals surface area contributed by atoms with Crippen molar-refractivity contribution >= 4 is 5.97 Å². The monoisotopic (exact) mass is 314 g/mol. The molecule has 0 radical (unpaired) electrons. The molecule has 23 heavy (non-hydrogen) atoms. The minimum absolute atomic E-state index is 0.0164. The second-order valence-electron chi connectivity index (χ2n) is 7.04. The standard InChI is InChI=1S/C21H30O2/c1-4-18-12-11-17(15-19(18)5-2)8-7-16-9-13-20(14-10-16)21(22)23-6-3/h1,16-20H,5-6,9-15H2,2-3H3. The van der Waals surface area contributed by atoms with Gasteiger partial charge in [-0.3, -0.25) is 4.79 Å². The number of terminal acetylenes is 1. The van der Waals surface area contributed by atoms with Crippen LogP contribution in [0.15, 0.2) is 0 Å². The van der Waals surface area contributed by atoms with Crippen LogP contribution in [0.5, 0.6) is 0 Å². The molecule has 2 nitrogen and oxygen atoms in total. The van der Waals surface area contributed by atoms with Gasteiger partial charge < -0.3 is 4.74 Å². The van der Waals surface area contributed by atoms with Crippen molar-refractivity contribution in [3.05, 3.63) is 0 Å². The van der Waals surface area contributed by atoms with E-state index in [2.05, 4.69) is 24.7 Å². The third-order valence-corrected chi connectivity index (χ3v) is 5.56. The molecule has 2 fully saturated rings. The Hall–Kier alpha value is -1.41. The predicted octanol–water partition coefficient (Wildman–Crippen LogP) is 4.44. The molecule has 0 aromatic rings. The van der Waals surface area contributed by atoms with Crippen molar-refractivity contribution in [2.24, 2.45) is 29.6 Å². The SMILES string of the molecule is C#CC1CCC(C#CC2CCC(C(=O)OCC)CC2)CC1CC. The molecule has 2 rings (SSSR count). The zero-order valence-electron chi connectivity index (χ0n) is 14.6. The first kappa shape index (κ1) is 17.9. The van der Waals surface area contributed by atoms with E-state index < -0.39 is 0 Å². The average molecular weight is 314 g/mol. The van der Waals surface area contributed by atoms with Crippen molar-refractivity contribution < 1.29 is 9.53 Å². The maximum atomic E-state index is 11.8. The number of rotatable bonds is 3. The lowest BCUT2D eigenvalue weighted by molar-refractivity contribution is -0.149. The maximum absolute atomic E-state index is 11.8. The zero-order chi connectivity index (χ0) is 16.7. The molecule has 3 atom stereocenters. The Morgan fingerprint density at radius 3 is 2.30 bits per heavy atom. The van der Waals surface area contributed by atoms with Crippen LogP contribution in [0.4, 0.5) is 0 Å². The fourth-order valence-electron chi connectivity index (χ4n) is 4.03. The summed E-state index contributed by atoms with van der Waals surface area (Å²) < 4.78 is 5.13. The van der Waals surface area contributed by atoms with E-state index in [-0.39, 0.29) is 11.9 Å². The first-order valence-corrected chi connectivity index (χ1v) is 9.31. The lowest BCUT2D eigenvalue weighted by Gasteiger charge is -2.30. The van der Waals surface area contributed by atoms with Gasteiger partial charge in [-0.2, -0.15) is 0 Å². The molecule has 0 aromatic carbocycles. The molecule has 2 saturated carbocycles. The minimum Gasteiger partial charge on any atom is -0.466 e. The second-order valence-corrected chi connectivity index (χ2v) is 7.04. The molecule has 0 heterocycles. The fourth-order valence-corrected chi connectivity index (χ4v) is 4.03. The van der Waals surface area contributed by atoms with Crippen molar-refractivity contribution in [1.82, 2.24) is 0 Å². The van der Waals surface area contributed by atoms with Crippen LogP contribution in [0.3, 0.4) is 0 Å². The first-order valence-electron chi connectivity index (χ1n) is 9.31. The van der Waals surface area contributed by atoms with Crippen LogP contribution >= 0.6 is 0 Å². The molecule has 0 bridgehead atoms. The summed E-state index contributed by atoms with van der Waals surface area (Å²) in [6.07, 6.45) is 14.2. The minimum atomic E-state index is -0.0164.